The minimum absolute atomic E-state index is 0.0926. The summed E-state index contributed by atoms with van der Waals surface area (Å²) in [7, 11) is 1.63. The average Bonchev–Trinajstić information content (AvgIpc) is 2.46. The van der Waals surface area contributed by atoms with E-state index in [2.05, 4.69) is 30.7 Å². The van der Waals surface area contributed by atoms with E-state index >= 15 is 0 Å². The van der Waals surface area contributed by atoms with Crippen LogP contribution in [0.1, 0.15) is 39.5 Å². The maximum absolute atomic E-state index is 10.2. The van der Waals surface area contributed by atoms with Crippen LogP contribution in [-0.2, 0) is 9.59 Å². The van der Waals surface area contributed by atoms with Crippen LogP contribution in [0.4, 0.5) is 0 Å². The molecule has 0 aliphatic heterocycles. The zero-order valence-corrected chi connectivity index (χ0v) is 12.4. The van der Waals surface area contributed by atoms with E-state index in [1.807, 2.05) is 6.92 Å². The molecule has 0 saturated heterocycles. The molecule has 0 bridgehead atoms. The van der Waals surface area contributed by atoms with Crippen LogP contribution in [-0.4, -0.2) is 31.4 Å². The van der Waals surface area contributed by atoms with E-state index in [1.165, 1.54) is 0 Å². The maximum atomic E-state index is 10.2. The number of rotatable bonds is 3. The highest BCUT2D eigenvalue weighted by Crippen LogP contribution is 2.22. The predicted octanol–water partition coefficient (Wildman–Crippen LogP) is 1.19. The molecule has 5 heteroatoms. The first-order valence-electron chi connectivity index (χ1n) is 6.72. The van der Waals surface area contributed by atoms with Crippen molar-refractivity contribution in [3.63, 3.8) is 0 Å². The van der Waals surface area contributed by atoms with Gasteiger partial charge in [-0.1, -0.05) is 13.8 Å². The van der Waals surface area contributed by atoms with Gasteiger partial charge in [0.15, 0.2) is 0 Å². The van der Waals surface area contributed by atoms with Gasteiger partial charge in [-0.3, -0.25) is 9.59 Å². The summed E-state index contributed by atoms with van der Waals surface area (Å²) < 4.78 is 0. The van der Waals surface area contributed by atoms with Crippen molar-refractivity contribution in [2.24, 2.45) is 11.7 Å². The second kappa shape index (κ2) is 13.1. The fourth-order valence-electron chi connectivity index (χ4n) is 1.90. The van der Waals surface area contributed by atoms with E-state index < -0.39 is 0 Å². The van der Waals surface area contributed by atoms with E-state index in [9.17, 15) is 9.59 Å². The second-order valence-corrected chi connectivity index (χ2v) is 4.37. The largest absolute Gasteiger partial charge is 0.359 e. The van der Waals surface area contributed by atoms with Crippen LogP contribution in [0.5, 0.6) is 0 Å². The van der Waals surface area contributed by atoms with E-state index in [0.717, 1.165) is 25.7 Å². The Kier molecular flexibility index (Phi) is 13.7. The van der Waals surface area contributed by atoms with Gasteiger partial charge in [0.25, 0.3) is 0 Å². The van der Waals surface area contributed by atoms with Gasteiger partial charge in [-0.25, -0.2) is 0 Å². The molecule has 112 valence electrons. The Bertz CT molecular complexity index is 241. The van der Waals surface area contributed by atoms with Crippen molar-refractivity contribution in [1.82, 2.24) is 10.6 Å². The summed E-state index contributed by atoms with van der Waals surface area (Å²) in [6.45, 7) is 9.92. The Morgan fingerprint density at radius 2 is 2.00 bits per heavy atom. The van der Waals surface area contributed by atoms with Crippen LogP contribution in [0.15, 0.2) is 13.2 Å². The minimum atomic E-state index is 0.0926. The van der Waals surface area contributed by atoms with Gasteiger partial charge in [0.1, 0.15) is 0 Å². The number of nitrogens with one attached hydrogen (secondary N) is 2. The molecule has 0 radical (unpaired) electrons. The van der Waals surface area contributed by atoms with E-state index in [-0.39, 0.29) is 11.9 Å². The van der Waals surface area contributed by atoms with Crippen LogP contribution in [0.3, 0.4) is 0 Å². The molecule has 0 aromatic rings. The van der Waals surface area contributed by atoms with Crippen LogP contribution < -0.4 is 16.4 Å². The van der Waals surface area contributed by atoms with Crippen LogP contribution >= 0.6 is 0 Å². The summed E-state index contributed by atoms with van der Waals surface area (Å²) in [6.07, 6.45) is 4.67. The molecule has 1 aliphatic rings. The van der Waals surface area contributed by atoms with Crippen LogP contribution in [0.25, 0.3) is 0 Å². The van der Waals surface area contributed by atoms with Gasteiger partial charge >= 0.3 is 0 Å². The van der Waals surface area contributed by atoms with Gasteiger partial charge in [-0.2, -0.15) is 0 Å². The second-order valence-electron chi connectivity index (χ2n) is 4.37. The lowest BCUT2D eigenvalue weighted by atomic mass is 9.82. The molecule has 3 atom stereocenters. The molecule has 1 saturated carbocycles. The fraction of sp³-hybridized carbons (Fsp3) is 0.714. The predicted molar refractivity (Wildman–Crippen MR) is 79.6 cm³/mol. The molecule has 1 fully saturated rings. The number of hydrogen-bond acceptors (Lipinski definition) is 3. The molecule has 1 rings (SSSR count). The molecular formula is C14H29N3O2. The maximum Gasteiger partial charge on any atom is 0.219 e. The third kappa shape index (κ3) is 9.25. The number of carbonyl (C=O) groups excluding carboxylic acids is 2. The van der Waals surface area contributed by atoms with E-state index in [1.54, 1.807) is 7.05 Å². The topological polar surface area (TPSA) is 84.2 Å². The molecule has 0 heterocycles. The smallest absolute Gasteiger partial charge is 0.219 e. The number of hydrogen-bond donors (Lipinski definition) is 3. The highest BCUT2D eigenvalue weighted by Gasteiger charge is 2.26. The Labute approximate surface area is 117 Å². The first kappa shape index (κ1) is 20.0. The van der Waals surface area contributed by atoms with Gasteiger partial charge in [-0.05, 0) is 25.2 Å². The summed E-state index contributed by atoms with van der Waals surface area (Å²) in [5, 5.41) is 5.28. The zero-order chi connectivity index (χ0) is 15.3. The quantitative estimate of drug-likeness (QED) is 0.532. The lowest BCUT2D eigenvalue weighted by molar-refractivity contribution is -0.120. The standard InChI is InChI=1S/C8H16N2O.C4H9NO.C2H4/c1-6-7(9)3-2-4-8(6)10-5-11;1-3-4(6)5-2;1-2/h5-8H,2-4,9H2,1H3,(H,10,11);3H2,1-2H3,(H,5,6);1-2H2. The van der Waals surface area contributed by atoms with Crippen LogP contribution in [0, 0.1) is 5.92 Å². The molecule has 0 aromatic heterocycles. The lowest BCUT2D eigenvalue weighted by Gasteiger charge is -2.33. The van der Waals surface area contributed by atoms with Gasteiger partial charge in [0.05, 0.1) is 0 Å². The van der Waals surface area contributed by atoms with Crippen molar-refractivity contribution in [2.75, 3.05) is 7.05 Å². The highest BCUT2D eigenvalue weighted by molar-refractivity contribution is 5.74. The van der Waals surface area contributed by atoms with Gasteiger partial charge in [0, 0.05) is 25.6 Å². The van der Waals surface area contributed by atoms with Crippen LogP contribution in [0.2, 0.25) is 0 Å². The normalized spacial score (nSPS) is 24.7. The highest BCUT2D eigenvalue weighted by atomic mass is 16.1. The Morgan fingerprint density at radius 3 is 2.37 bits per heavy atom. The van der Waals surface area contributed by atoms with E-state index in [4.69, 9.17) is 5.73 Å². The molecular weight excluding hydrogens is 242 g/mol. The van der Waals surface area contributed by atoms with Crippen molar-refractivity contribution < 1.29 is 9.59 Å². The lowest BCUT2D eigenvalue weighted by Crippen LogP contribution is -2.46. The average molecular weight is 271 g/mol. The SMILES string of the molecule is C=C.CC1C(N)CCCC1NC=O.CCC(=O)NC. The third-order valence-corrected chi connectivity index (χ3v) is 3.24. The number of nitrogens with two attached hydrogens (primary N) is 1. The third-order valence-electron chi connectivity index (χ3n) is 3.24. The molecule has 2 amide bonds. The first-order chi connectivity index (χ1) is 9.06. The van der Waals surface area contributed by atoms with Gasteiger partial charge in [-0.15, -0.1) is 13.2 Å². The number of carbonyl (C=O) groups is 2. The molecule has 0 spiro atoms. The monoisotopic (exact) mass is 271 g/mol. The Balaban J connectivity index is 0. The van der Waals surface area contributed by atoms with Crippen molar-refractivity contribution in [2.45, 2.75) is 51.6 Å². The zero-order valence-electron chi connectivity index (χ0n) is 12.4. The summed E-state index contributed by atoms with van der Waals surface area (Å²) in [5.74, 6) is 0.518. The van der Waals surface area contributed by atoms with Crippen molar-refractivity contribution >= 4 is 12.3 Å². The molecule has 19 heavy (non-hydrogen) atoms. The molecule has 5 nitrogen and oxygen atoms in total. The van der Waals surface area contributed by atoms with Gasteiger partial charge < -0.3 is 16.4 Å². The summed E-state index contributed by atoms with van der Waals surface area (Å²) >= 11 is 0. The van der Waals surface area contributed by atoms with Gasteiger partial charge in [0.2, 0.25) is 12.3 Å². The van der Waals surface area contributed by atoms with Crippen molar-refractivity contribution in [3.8, 4) is 0 Å². The number of amides is 2. The Hall–Kier alpha value is -1.36. The van der Waals surface area contributed by atoms with Crippen molar-refractivity contribution in [3.05, 3.63) is 13.2 Å². The summed E-state index contributed by atoms with van der Waals surface area (Å²) in [5.41, 5.74) is 5.84. The summed E-state index contributed by atoms with van der Waals surface area (Å²) in [4.78, 5) is 20.2. The first-order valence-corrected chi connectivity index (χ1v) is 6.72. The summed E-state index contributed by atoms with van der Waals surface area (Å²) in [6, 6.07) is 0.567. The molecule has 4 N–H and O–H groups in total. The van der Waals surface area contributed by atoms with Crippen molar-refractivity contribution in [1.29, 1.82) is 0 Å². The fourth-order valence-corrected chi connectivity index (χ4v) is 1.90. The van der Waals surface area contributed by atoms with E-state index in [0.29, 0.717) is 18.4 Å². The molecule has 1 aliphatic carbocycles. The minimum Gasteiger partial charge on any atom is -0.359 e. The molecule has 3 unspecified atom stereocenters. The Morgan fingerprint density at radius 1 is 1.42 bits per heavy atom. The molecule has 0 aromatic carbocycles.